The smallest absolute Gasteiger partial charge is 0.227 e. The van der Waals surface area contributed by atoms with E-state index in [1.165, 1.54) is 0 Å². The summed E-state index contributed by atoms with van der Waals surface area (Å²) in [5.41, 5.74) is 6.95. The Hall–Kier alpha value is -2.31. The molecule has 0 unspecified atom stereocenters. The van der Waals surface area contributed by atoms with Crippen LogP contribution in [-0.2, 0) is 0 Å². The van der Waals surface area contributed by atoms with E-state index in [2.05, 4.69) is 36.1 Å². The van der Waals surface area contributed by atoms with E-state index in [1.807, 2.05) is 48.5 Å². The maximum absolute atomic E-state index is 5.86. The molecule has 0 aliphatic heterocycles. The van der Waals surface area contributed by atoms with Gasteiger partial charge in [-0.05, 0) is 24.3 Å². The minimum atomic E-state index is -1.40. The number of rotatable bonds is 1. The fraction of sp³-hybridized carbons (Fsp3) is 0.167. The standard InChI is InChI=1S/C18H17NOSi/c1-21(2,3)13-12-14-10-7-11-16-17(14)19-18(20-16)15-8-5-4-6-9-15/h4-11H,1-3H3. The average molecular weight is 291 g/mol. The Morgan fingerprint density at radius 3 is 2.43 bits per heavy atom. The Morgan fingerprint density at radius 2 is 1.71 bits per heavy atom. The van der Waals surface area contributed by atoms with Gasteiger partial charge in [0.25, 0.3) is 0 Å². The predicted molar refractivity (Wildman–Crippen MR) is 89.7 cm³/mol. The second kappa shape index (κ2) is 5.23. The van der Waals surface area contributed by atoms with E-state index in [9.17, 15) is 0 Å². The molecular weight excluding hydrogens is 274 g/mol. The van der Waals surface area contributed by atoms with Crippen molar-refractivity contribution < 1.29 is 4.42 Å². The largest absolute Gasteiger partial charge is 0.436 e. The molecule has 0 radical (unpaired) electrons. The molecule has 0 fully saturated rings. The zero-order valence-electron chi connectivity index (χ0n) is 12.5. The van der Waals surface area contributed by atoms with Crippen molar-refractivity contribution in [3.05, 3.63) is 54.1 Å². The molecule has 3 rings (SSSR count). The van der Waals surface area contributed by atoms with Gasteiger partial charge >= 0.3 is 0 Å². The van der Waals surface area contributed by atoms with E-state index < -0.39 is 8.07 Å². The van der Waals surface area contributed by atoms with Crippen LogP contribution in [0.3, 0.4) is 0 Å². The normalized spacial score (nSPS) is 11.2. The van der Waals surface area contributed by atoms with Crippen LogP contribution < -0.4 is 0 Å². The third-order valence-corrected chi connectivity index (χ3v) is 3.89. The molecule has 2 aromatic carbocycles. The Kier molecular flexibility index (Phi) is 3.40. The Bertz CT molecular complexity index is 832. The van der Waals surface area contributed by atoms with Gasteiger partial charge in [-0.3, -0.25) is 0 Å². The third kappa shape index (κ3) is 3.06. The lowest BCUT2D eigenvalue weighted by molar-refractivity contribution is 0.620. The van der Waals surface area contributed by atoms with E-state index in [0.29, 0.717) is 5.89 Å². The Balaban J connectivity index is 2.12. The van der Waals surface area contributed by atoms with Crippen LogP contribution in [0.1, 0.15) is 5.56 Å². The summed E-state index contributed by atoms with van der Waals surface area (Å²) in [6, 6.07) is 15.9. The molecule has 0 amide bonds. The molecule has 0 spiro atoms. The summed E-state index contributed by atoms with van der Waals surface area (Å²) in [4.78, 5) is 4.63. The van der Waals surface area contributed by atoms with Crippen LogP contribution in [0, 0.1) is 11.5 Å². The van der Waals surface area contributed by atoms with Crippen LogP contribution in [-0.4, -0.2) is 13.1 Å². The number of hydrogen-bond acceptors (Lipinski definition) is 2. The predicted octanol–water partition coefficient (Wildman–Crippen LogP) is 4.72. The van der Waals surface area contributed by atoms with Gasteiger partial charge in [-0.15, -0.1) is 5.54 Å². The molecule has 0 atom stereocenters. The van der Waals surface area contributed by atoms with Crippen LogP contribution in [0.2, 0.25) is 19.6 Å². The molecule has 104 valence electrons. The van der Waals surface area contributed by atoms with Gasteiger partial charge in [-0.2, -0.15) is 0 Å². The summed E-state index contributed by atoms with van der Waals surface area (Å²) < 4.78 is 5.86. The summed E-state index contributed by atoms with van der Waals surface area (Å²) in [7, 11) is -1.40. The van der Waals surface area contributed by atoms with Crippen molar-refractivity contribution in [3.63, 3.8) is 0 Å². The maximum atomic E-state index is 5.86. The van der Waals surface area contributed by atoms with Gasteiger partial charge in [0.15, 0.2) is 5.58 Å². The van der Waals surface area contributed by atoms with E-state index >= 15 is 0 Å². The number of para-hydroxylation sites is 1. The van der Waals surface area contributed by atoms with Gasteiger partial charge in [-0.1, -0.05) is 49.8 Å². The molecule has 3 heteroatoms. The number of aromatic nitrogens is 1. The van der Waals surface area contributed by atoms with Crippen LogP contribution in [0.25, 0.3) is 22.6 Å². The summed E-state index contributed by atoms with van der Waals surface area (Å²) >= 11 is 0. The number of nitrogens with zero attached hydrogens (tertiary/aromatic N) is 1. The lowest BCUT2D eigenvalue weighted by atomic mass is 10.2. The van der Waals surface area contributed by atoms with Gasteiger partial charge in [0, 0.05) is 5.56 Å². The Morgan fingerprint density at radius 1 is 0.952 bits per heavy atom. The van der Waals surface area contributed by atoms with Crippen molar-refractivity contribution >= 4 is 19.2 Å². The van der Waals surface area contributed by atoms with Crippen molar-refractivity contribution in [2.75, 3.05) is 0 Å². The molecule has 0 aliphatic rings. The molecule has 21 heavy (non-hydrogen) atoms. The third-order valence-electron chi connectivity index (χ3n) is 3.01. The van der Waals surface area contributed by atoms with Gasteiger partial charge in [0.05, 0.1) is 5.56 Å². The van der Waals surface area contributed by atoms with Crippen molar-refractivity contribution in [1.29, 1.82) is 0 Å². The van der Waals surface area contributed by atoms with Crippen LogP contribution in [0.4, 0.5) is 0 Å². The lowest BCUT2D eigenvalue weighted by Gasteiger charge is -2.03. The highest BCUT2D eigenvalue weighted by molar-refractivity contribution is 6.83. The maximum Gasteiger partial charge on any atom is 0.227 e. The van der Waals surface area contributed by atoms with E-state index in [4.69, 9.17) is 4.42 Å². The number of hydrogen-bond donors (Lipinski definition) is 0. The molecule has 2 nitrogen and oxygen atoms in total. The topological polar surface area (TPSA) is 26.0 Å². The molecule has 0 bridgehead atoms. The zero-order valence-corrected chi connectivity index (χ0v) is 13.5. The molecule has 1 heterocycles. The molecule has 0 N–H and O–H groups in total. The van der Waals surface area contributed by atoms with Gasteiger partial charge in [0.2, 0.25) is 5.89 Å². The SMILES string of the molecule is C[Si](C)(C)C#Cc1cccc2oc(-c3ccccc3)nc12. The number of fused-ring (bicyclic) bond motifs is 1. The van der Waals surface area contributed by atoms with Crippen molar-refractivity contribution in [2.24, 2.45) is 0 Å². The van der Waals surface area contributed by atoms with Crippen LogP contribution >= 0.6 is 0 Å². The van der Waals surface area contributed by atoms with E-state index in [0.717, 1.165) is 22.2 Å². The molecular formula is C18H17NOSi. The monoisotopic (exact) mass is 291 g/mol. The number of oxazole rings is 1. The first kappa shape index (κ1) is 13.7. The Labute approximate surface area is 125 Å². The molecule has 3 aromatic rings. The van der Waals surface area contributed by atoms with Gasteiger partial charge in [0.1, 0.15) is 13.6 Å². The lowest BCUT2D eigenvalue weighted by Crippen LogP contribution is -2.16. The summed E-state index contributed by atoms with van der Waals surface area (Å²) in [6.45, 7) is 6.70. The van der Waals surface area contributed by atoms with E-state index in [-0.39, 0.29) is 0 Å². The van der Waals surface area contributed by atoms with Crippen molar-refractivity contribution in [2.45, 2.75) is 19.6 Å². The summed E-state index contributed by atoms with van der Waals surface area (Å²) in [6.07, 6.45) is 0. The summed E-state index contributed by atoms with van der Waals surface area (Å²) in [5, 5.41) is 0. The number of benzene rings is 2. The quantitative estimate of drug-likeness (QED) is 0.479. The van der Waals surface area contributed by atoms with E-state index in [1.54, 1.807) is 0 Å². The highest BCUT2D eigenvalue weighted by Crippen LogP contribution is 2.25. The van der Waals surface area contributed by atoms with Gasteiger partial charge < -0.3 is 4.42 Å². The minimum Gasteiger partial charge on any atom is -0.436 e. The molecule has 0 aliphatic carbocycles. The highest BCUT2D eigenvalue weighted by Gasteiger charge is 2.11. The molecule has 1 aromatic heterocycles. The molecule has 0 saturated carbocycles. The van der Waals surface area contributed by atoms with Gasteiger partial charge in [-0.25, -0.2) is 4.98 Å². The average Bonchev–Trinajstić information content (AvgIpc) is 2.89. The van der Waals surface area contributed by atoms with Crippen LogP contribution in [0.15, 0.2) is 52.9 Å². The fourth-order valence-electron chi connectivity index (χ4n) is 2.01. The highest BCUT2D eigenvalue weighted by atomic mass is 28.3. The minimum absolute atomic E-state index is 0.646. The first-order chi connectivity index (χ1) is 10.0. The first-order valence-electron chi connectivity index (χ1n) is 7.01. The zero-order chi connectivity index (χ0) is 14.9. The van der Waals surface area contributed by atoms with Crippen LogP contribution in [0.5, 0.6) is 0 Å². The second-order valence-electron chi connectivity index (χ2n) is 6.04. The first-order valence-corrected chi connectivity index (χ1v) is 10.5. The second-order valence-corrected chi connectivity index (χ2v) is 10.8. The molecule has 0 saturated heterocycles. The van der Waals surface area contributed by atoms with Crippen molar-refractivity contribution in [3.8, 4) is 22.9 Å². The fourth-order valence-corrected chi connectivity index (χ4v) is 2.52. The van der Waals surface area contributed by atoms with Crippen molar-refractivity contribution in [1.82, 2.24) is 4.98 Å². The summed E-state index contributed by atoms with van der Waals surface area (Å²) in [5.74, 6) is 3.93.